The van der Waals surface area contributed by atoms with Crippen molar-refractivity contribution in [2.24, 2.45) is 0 Å². The number of aromatic nitrogens is 6. The summed E-state index contributed by atoms with van der Waals surface area (Å²) in [6.45, 7) is 0.381. The van der Waals surface area contributed by atoms with E-state index in [1.165, 1.54) is 62.0 Å². The lowest BCUT2D eigenvalue weighted by molar-refractivity contribution is 0.0942. The Morgan fingerprint density at radius 3 is 1.59 bits per heavy atom. The van der Waals surface area contributed by atoms with E-state index in [0.29, 0.717) is 33.8 Å². The van der Waals surface area contributed by atoms with Gasteiger partial charge >= 0.3 is 0 Å². The van der Waals surface area contributed by atoms with Gasteiger partial charge in [-0.15, -0.1) is 0 Å². The maximum absolute atomic E-state index is 13.7. The van der Waals surface area contributed by atoms with Gasteiger partial charge in [0.2, 0.25) is 31.2 Å². The third-order valence-electron chi connectivity index (χ3n) is 8.98. The molecule has 61 heavy (non-hydrogen) atoms. The monoisotopic (exact) mass is 884 g/mol. The van der Waals surface area contributed by atoms with Crippen LogP contribution in [-0.2, 0) is 32.8 Å². The highest BCUT2D eigenvalue weighted by atomic mass is 35.5. The van der Waals surface area contributed by atoms with Crippen molar-refractivity contribution >= 4 is 54.6 Å². The van der Waals surface area contributed by atoms with Crippen molar-refractivity contribution in [3.8, 4) is 5.75 Å². The summed E-state index contributed by atoms with van der Waals surface area (Å²) in [6.07, 6.45) is 12.6. The molecule has 0 aliphatic rings. The first-order valence-electron chi connectivity index (χ1n) is 17.8. The molecule has 8 rings (SSSR count). The quantitative estimate of drug-likeness (QED) is 0.156. The number of nitrogens with zero attached hydrogens (tertiary/aromatic N) is 6. The fraction of sp³-hybridized carbons (Fsp3) is 0.0732. The van der Waals surface area contributed by atoms with Crippen molar-refractivity contribution in [3.05, 3.63) is 173 Å². The van der Waals surface area contributed by atoms with Crippen LogP contribution in [0.5, 0.6) is 5.75 Å². The number of benzene rings is 4. The van der Waals surface area contributed by atoms with E-state index in [1.54, 1.807) is 70.2 Å². The summed E-state index contributed by atoms with van der Waals surface area (Å²) in [7, 11) is -6.48. The van der Waals surface area contributed by atoms with Gasteiger partial charge in [-0.05, 0) is 65.7 Å². The van der Waals surface area contributed by atoms with Crippen molar-refractivity contribution in [1.29, 1.82) is 0 Å². The van der Waals surface area contributed by atoms with E-state index in [-0.39, 0.29) is 55.3 Å². The van der Waals surface area contributed by atoms with Crippen LogP contribution >= 0.6 is 11.6 Å². The Kier molecular flexibility index (Phi) is 12.2. The summed E-state index contributed by atoms with van der Waals surface area (Å²) in [5, 5.41) is 5.36. The van der Waals surface area contributed by atoms with E-state index < -0.39 is 31.3 Å². The van der Waals surface area contributed by atoms with E-state index in [1.807, 2.05) is 0 Å². The molecule has 0 saturated heterocycles. The van der Waals surface area contributed by atoms with E-state index in [4.69, 9.17) is 16.3 Å². The number of fused-ring (bicyclic) bond motifs is 2. The predicted molar refractivity (Wildman–Crippen MR) is 216 cm³/mol. The molecular formula is C41H31ClF2N8O7S2. The van der Waals surface area contributed by atoms with Crippen LogP contribution in [0.2, 0.25) is 5.02 Å². The Balaban J connectivity index is 0.000000184. The van der Waals surface area contributed by atoms with E-state index in [2.05, 4.69) is 30.6 Å². The maximum atomic E-state index is 13.7. The van der Waals surface area contributed by atoms with E-state index in [0.717, 1.165) is 18.2 Å². The molecule has 15 nitrogen and oxygen atoms in total. The van der Waals surface area contributed by atoms with Crippen LogP contribution in [0.3, 0.4) is 0 Å². The normalized spacial score (nSPS) is 11.5. The molecule has 4 aromatic carbocycles. The Labute approximate surface area is 351 Å². The zero-order chi connectivity index (χ0) is 43.3. The first kappa shape index (κ1) is 42.0. The molecular weight excluding hydrogens is 854 g/mol. The van der Waals surface area contributed by atoms with Gasteiger partial charge in [-0.1, -0.05) is 35.9 Å². The van der Waals surface area contributed by atoms with Crippen molar-refractivity contribution in [3.63, 3.8) is 0 Å². The molecule has 0 unspecified atom stereocenters. The van der Waals surface area contributed by atoms with Crippen LogP contribution in [-0.4, -0.2) is 64.5 Å². The number of rotatable bonds is 11. The number of methoxy groups -OCH3 is 1. The standard InChI is InChI=1S/C21H17FN4O4S.C20H14ClFN4O3S/c1-30-17-8-16(22)9-19(10-17)31(28,29)18-4-2-14(3-5-18)11-24-20(27)15-12-25-21-23-6-7-26(21)13-15;21-17-6-5-16(9-18(17)22)30(28,29)15-3-1-13(2-4-15)10-24-19(27)14-11-25-20-23-7-8-26(20)12-14/h2-10,12-13H,11H2,1H3,(H,24,27);1-9,11-12H,10H2,(H,24,27). The topological polar surface area (TPSA) is 196 Å². The van der Waals surface area contributed by atoms with Gasteiger partial charge in [0, 0.05) is 68.7 Å². The molecule has 2 N–H and O–H groups in total. The number of carbonyl (C=O) groups is 2. The summed E-state index contributed by atoms with van der Waals surface area (Å²) >= 11 is 5.61. The van der Waals surface area contributed by atoms with Crippen LogP contribution in [0.15, 0.2) is 154 Å². The molecule has 4 heterocycles. The maximum Gasteiger partial charge on any atom is 0.254 e. The molecule has 8 aromatic rings. The van der Waals surface area contributed by atoms with Crippen molar-refractivity contribution in [2.75, 3.05) is 7.11 Å². The number of carbonyl (C=O) groups excluding carboxylic acids is 2. The van der Waals surface area contributed by atoms with Crippen molar-refractivity contribution < 1.29 is 39.9 Å². The predicted octanol–water partition coefficient (Wildman–Crippen LogP) is 5.92. The van der Waals surface area contributed by atoms with Crippen molar-refractivity contribution in [2.45, 2.75) is 32.7 Å². The fourth-order valence-electron chi connectivity index (χ4n) is 5.74. The SMILES string of the molecule is COc1cc(F)cc(S(=O)(=O)c2ccc(CNC(=O)c3cnc4nccn4c3)cc2)c1.O=C(NCc1ccc(S(=O)(=O)c2ccc(Cl)c(F)c2)cc1)c1cnc2nccn2c1. The number of hydrogen-bond donors (Lipinski definition) is 2. The minimum atomic E-state index is -3.92. The van der Waals surface area contributed by atoms with E-state index in [9.17, 15) is 35.2 Å². The van der Waals surface area contributed by atoms with Gasteiger partial charge in [0.15, 0.2) is 0 Å². The molecule has 0 radical (unpaired) electrons. The molecule has 0 aliphatic carbocycles. The lowest BCUT2D eigenvalue weighted by atomic mass is 10.2. The molecule has 0 saturated carbocycles. The average molecular weight is 885 g/mol. The van der Waals surface area contributed by atoms with Gasteiger partial charge in [-0.2, -0.15) is 0 Å². The van der Waals surface area contributed by atoms with Gasteiger partial charge < -0.3 is 15.4 Å². The summed E-state index contributed by atoms with van der Waals surface area (Å²) in [6, 6.07) is 18.6. The highest BCUT2D eigenvalue weighted by Gasteiger charge is 2.21. The Bertz CT molecular complexity index is 3150. The minimum Gasteiger partial charge on any atom is -0.497 e. The van der Waals surface area contributed by atoms with Gasteiger partial charge in [0.25, 0.3) is 11.8 Å². The number of ether oxygens (including phenoxy) is 1. The molecule has 0 fully saturated rings. The lowest BCUT2D eigenvalue weighted by Crippen LogP contribution is -2.23. The highest BCUT2D eigenvalue weighted by molar-refractivity contribution is 7.91. The van der Waals surface area contributed by atoms with Crippen LogP contribution in [0.25, 0.3) is 11.6 Å². The first-order valence-corrected chi connectivity index (χ1v) is 21.2. The molecule has 0 spiro atoms. The molecule has 310 valence electrons. The first-order chi connectivity index (χ1) is 29.2. The van der Waals surface area contributed by atoms with Crippen LogP contribution < -0.4 is 15.4 Å². The van der Waals surface area contributed by atoms with Gasteiger partial charge in [0.05, 0.1) is 42.8 Å². The number of sulfone groups is 2. The zero-order valence-corrected chi connectivity index (χ0v) is 34.0. The number of amides is 2. The smallest absolute Gasteiger partial charge is 0.254 e. The molecule has 4 aromatic heterocycles. The number of hydrogen-bond acceptors (Lipinski definition) is 11. The summed E-state index contributed by atoms with van der Waals surface area (Å²) in [5.74, 6) is -1.08. The Hall–Kier alpha value is -7.09. The van der Waals surface area contributed by atoms with E-state index >= 15 is 0 Å². The fourth-order valence-corrected chi connectivity index (χ4v) is 8.43. The van der Waals surface area contributed by atoms with Gasteiger partial charge in [0.1, 0.15) is 17.4 Å². The van der Waals surface area contributed by atoms with Gasteiger partial charge in [-0.3, -0.25) is 18.4 Å². The third-order valence-corrected chi connectivity index (χ3v) is 12.8. The van der Waals surface area contributed by atoms with Crippen molar-refractivity contribution in [1.82, 2.24) is 39.4 Å². The number of imidazole rings is 2. The average Bonchev–Trinajstić information content (AvgIpc) is 3.95. The summed E-state index contributed by atoms with van der Waals surface area (Å²) in [5.41, 5.74) is 2.12. The largest absolute Gasteiger partial charge is 0.497 e. The number of nitrogens with one attached hydrogen (secondary N) is 2. The van der Waals surface area contributed by atoms with Crippen LogP contribution in [0.1, 0.15) is 31.8 Å². The summed E-state index contributed by atoms with van der Waals surface area (Å²) in [4.78, 5) is 40.5. The number of halogens is 3. The molecule has 0 bridgehead atoms. The third kappa shape index (κ3) is 9.54. The summed E-state index contributed by atoms with van der Waals surface area (Å²) < 4.78 is 86.4. The lowest BCUT2D eigenvalue weighted by Gasteiger charge is -2.09. The second kappa shape index (κ2) is 17.6. The highest BCUT2D eigenvalue weighted by Crippen LogP contribution is 2.27. The van der Waals surface area contributed by atoms with Crippen LogP contribution in [0, 0.1) is 11.6 Å². The molecule has 2 amide bonds. The molecule has 20 heteroatoms. The molecule has 0 aliphatic heterocycles. The minimum absolute atomic E-state index is 0.00462. The second-order valence-electron chi connectivity index (χ2n) is 13.0. The van der Waals surface area contributed by atoms with Gasteiger partial charge in [-0.25, -0.2) is 45.6 Å². The molecule has 0 atom stereocenters. The second-order valence-corrected chi connectivity index (χ2v) is 17.3. The van der Waals surface area contributed by atoms with Crippen LogP contribution in [0.4, 0.5) is 8.78 Å². The Morgan fingerprint density at radius 2 is 1.11 bits per heavy atom. The zero-order valence-electron chi connectivity index (χ0n) is 31.6. The Morgan fingerprint density at radius 1 is 0.639 bits per heavy atom.